The Kier molecular flexibility index (Phi) is 4.89. The van der Waals surface area contributed by atoms with Crippen molar-refractivity contribution in [2.45, 2.75) is 12.2 Å². The van der Waals surface area contributed by atoms with Crippen LogP contribution in [0.2, 0.25) is 0 Å². The fourth-order valence-electron chi connectivity index (χ4n) is 0.729. The maximum atomic E-state index is 5.03. The molecule has 0 aliphatic rings. The second-order valence-corrected chi connectivity index (χ2v) is 1.87. The average molecular weight is 142 g/mol. The highest BCUT2D eigenvalue weighted by Gasteiger charge is 2.12. The van der Waals surface area contributed by atoms with Gasteiger partial charge < -0.3 is 9.47 Å². The van der Waals surface area contributed by atoms with Crippen LogP contribution < -0.4 is 0 Å². The molecule has 0 radical (unpaired) electrons. The molecule has 0 bridgehead atoms. The van der Waals surface area contributed by atoms with E-state index < -0.39 is 0 Å². The Balaban J connectivity index is 3.93. The van der Waals surface area contributed by atoms with Crippen molar-refractivity contribution >= 4 is 0 Å². The van der Waals surface area contributed by atoms with E-state index in [0.717, 1.165) is 0 Å². The quantitative estimate of drug-likeness (QED) is 0.540. The number of methoxy groups -OCH3 is 2. The van der Waals surface area contributed by atoms with Gasteiger partial charge in [0.25, 0.3) is 0 Å². The van der Waals surface area contributed by atoms with Crippen LogP contribution in [-0.4, -0.2) is 26.4 Å². The monoisotopic (exact) mass is 142 g/mol. The van der Waals surface area contributed by atoms with Crippen LogP contribution in [-0.2, 0) is 9.47 Å². The third-order valence-corrected chi connectivity index (χ3v) is 1.33. The van der Waals surface area contributed by atoms with E-state index in [-0.39, 0.29) is 12.2 Å². The molecule has 0 saturated heterocycles. The molecule has 58 valence electrons. The summed E-state index contributed by atoms with van der Waals surface area (Å²) < 4.78 is 10.1. The summed E-state index contributed by atoms with van der Waals surface area (Å²) in [5, 5.41) is 0. The molecule has 0 spiro atoms. The van der Waals surface area contributed by atoms with Crippen molar-refractivity contribution in [2.24, 2.45) is 0 Å². The number of ether oxygens (including phenoxy) is 2. The second-order valence-electron chi connectivity index (χ2n) is 1.87. The van der Waals surface area contributed by atoms with Gasteiger partial charge in [-0.25, -0.2) is 0 Å². The maximum absolute atomic E-state index is 5.03. The minimum absolute atomic E-state index is 0.0949. The first kappa shape index (κ1) is 9.40. The van der Waals surface area contributed by atoms with Gasteiger partial charge in [-0.15, -0.1) is 13.2 Å². The molecule has 0 aliphatic heterocycles. The molecule has 2 atom stereocenters. The lowest BCUT2D eigenvalue weighted by Gasteiger charge is -2.17. The van der Waals surface area contributed by atoms with Crippen LogP contribution in [0.25, 0.3) is 0 Å². The molecule has 2 unspecified atom stereocenters. The van der Waals surface area contributed by atoms with Crippen LogP contribution in [0, 0.1) is 0 Å². The van der Waals surface area contributed by atoms with Gasteiger partial charge in [-0.1, -0.05) is 12.2 Å². The normalized spacial score (nSPS) is 15.8. The predicted octanol–water partition coefficient (Wildman–Crippen LogP) is 1.39. The van der Waals surface area contributed by atoms with Crippen molar-refractivity contribution in [2.75, 3.05) is 14.2 Å². The van der Waals surface area contributed by atoms with Crippen molar-refractivity contribution in [3.8, 4) is 0 Å². The van der Waals surface area contributed by atoms with Crippen LogP contribution in [0.5, 0.6) is 0 Å². The Morgan fingerprint density at radius 3 is 1.40 bits per heavy atom. The summed E-state index contributed by atoms with van der Waals surface area (Å²) in [5.74, 6) is 0. The van der Waals surface area contributed by atoms with Crippen molar-refractivity contribution < 1.29 is 9.47 Å². The van der Waals surface area contributed by atoms with Crippen LogP contribution in [0.3, 0.4) is 0 Å². The van der Waals surface area contributed by atoms with Crippen molar-refractivity contribution in [1.29, 1.82) is 0 Å². The fraction of sp³-hybridized carbons (Fsp3) is 0.500. The Bertz CT molecular complexity index is 95.8. The van der Waals surface area contributed by atoms with Gasteiger partial charge in [-0.2, -0.15) is 0 Å². The van der Waals surface area contributed by atoms with E-state index in [0.29, 0.717) is 0 Å². The molecule has 0 aliphatic carbocycles. The first-order valence-electron chi connectivity index (χ1n) is 3.10. The summed E-state index contributed by atoms with van der Waals surface area (Å²) in [6, 6.07) is 0. The Hall–Kier alpha value is -0.600. The summed E-state index contributed by atoms with van der Waals surface area (Å²) >= 11 is 0. The van der Waals surface area contributed by atoms with E-state index in [1.165, 1.54) is 0 Å². The number of hydrogen-bond donors (Lipinski definition) is 0. The number of hydrogen-bond acceptors (Lipinski definition) is 2. The lowest BCUT2D eigenvalue weighted by atomic mass is 10.2. The fourth-order valence-corrected chi connectivity index (χ4v) is 0.729. The highest BCUT2D eigenvalue weighted by molar-refractivity contribution is 4.95. The van der Waals surface area contributed by atoms with Crippen molar-refractivity contribution in [1.82, 2.24) is 0 Å². The lowest BCUT2D eigenvalue weighted by molar-refractivity contribution is 0.0155. The predicted molar refractivity (Wildman–Crippen MR) is 42.0 cm³/mol. The van der Waals surface area contributed by atoms with Crippen LogP contribution in [0.4, 0.5) is 0 Å². The first-order valence-corrected chi connectivity index (χ1v) is 3.10. The highest BCUT2D eigenvalue weighted by Crippen LogP contribution is 2.03. The van der Waals surface area contributed by atoms with Crippen LogP contribution in [0.1, 0.15) is 0 Å². The largest absolute Gasteiger partial charge is 0.374 e. The van der Waals surface area contributed by atoms with E-state index >= 15 is 0 Å². The third kappa shape index (κ3) is 2.33. The molecule has 0 aromatic carbocycles. The lowest BCUT2D eigenvalue weighted by Crippen LogP contribution is -2.25. The molecule has 10 heavy (non-hydrogen) atoms. The van der Waals surface area contributed by atoms with Gasteiger partial charge in [0.15, 0.2) is 0 Å². The van der Waals surface area contributed by atoms with Gasteiger partial charge in [0.1, 0.15) is 12.2 Å². The smallest absolute Gasteiger partial charge is 0.105 e. The third-order valence-electron chi connectivity index (χ3n) is 1.33. The Morgan fingerprint density at radius 1 is 1.00 bits per heavy atom. The molecule has 0 heterocycles. The summed E-state index contributed by atoms with van der Waals surface area (Å²) in [6.45, 7) is 7.19. The van der Waals surface area contributed by atoms with Crippen LogP contribution in [0.15, 0.2) is 25.3 Å². The maximum Gasteiger partial charge on any atom is 0.105 e. The van der Waals surface area contributed by atoms with Gasteiger partial charge in [0.05, 0.1) is 0 Å². The molecule has 0 saturated carbocycles. The van der Waals surface area contributed by atoms with E-state index in [1.807, 2.05) is 0 Å². The first-order chi connectivity index (χ1) is 4.79. The van der Waals surface area contributed by atoms with Gasteiger partial charge in [-0.3, -0.25) is 0 Å². The van der Waals surface area contributed by atoms with E-state index in [9.17, 15) is 0 Å². The zero-order valence-corrected chi connectivity index (χ0v) is 6.54. The molecule has 0 aromatic heterocycles. The molecular weight excluding hydrogens is 128 g/mol. The van der Waals surface area contributed by atoms with Crippen LogP contribution >= 0.6 is 0 Å². The Labute approximate surface area is 62.1 Å². The van der Waals surface area contributed by atoms with Crippen molar-refractivity contribution in [3.05, 3.63) is 25.3 Å². The summed E-state index contributed by atoms with van der Waals surface area (Å²) in [6.07, 6.45) is 3.19. The van der Waals surface area contributed by atoms with E-state index in [2.05, 4.69) is 13.2 Å². The Morgan fingerprint density at radius 2 is 1.30 bits per heavy atom. The van der Waals surface area contributed by atoms with Crippen molar-refractivity contribution in [3.63, 3.8) is 0 Å². The standard InChI is InChI=1S/C8H14O2/c1-5-7(9-3)8(6-2)10-4/h5-8H,1-2H2,3-4H3. The zero-order valence-electron chi connectivity index (χ0n) is 6.54. The molecule has 2 nitrogen and oxygen atoms in total. The SMILES string of the molecule is C=CC(OC)C(C=C)OC. The molecule has 0 N–H and O–H groups in total. The summed E-state index contributed by atoms with van der Waals surface area (Å²) in [5.41, 5.74) is 0. The topological polar surface area (TPSA) is 18.5 Å². The average Bonchev–Trinajstić information content (AvgIpc) is 2.00. The molecule has 0 fully saturated rings. The summed E-state index contributed by atoms with van der Waals surface area (Å²) in [4.78, 5) is 0. The molecular formula is C8H14O2. The minimum atomic E-state index is -0.0949. The summed E-state index contributed by atoms with van der Waals surface area (Å²) in [7, 11) is 3.23. The zero-order chi connectivity index (χ0) is 7.98. The van der Waals surface area contributed by atoms with Gasteiger partial charge in [0.2, 0.25) is 0 Å². The molecule has 0 aromatic rings. The second kappa shape index (κ2) is 5.21. The van der Waals surface area contributed by atoms with Gasteiger partial charge >= 0.3 is 0 Å². The van der Waals surface area contributed by atoms with Gasteiger partial charge in [0, 0.05) is 14.2 Å². The molecule has 0 rings (SSSR count). The van der Waals surface area contributed by atoms with Gasteiger partial charge in [-0.05, 0) is 0 Å². The number of rotatable bonds is 5. The molecule has 0 amide bonds. The highest BCUT2D eigenvalue weighted by atomic mass is 16.5. The minimum Gasteiger partial charge on any atom is -0.374 e. The van der Waals surface area contributed by atoms with E-state index in [1.54, 1.807) is 26.4 Å². The van der Waals surface area contributed by atoms with E-state index in [4.69, 9.17) is 9.47 Å². The molecule has 2 heteroatoms.